The van der Waals surface area contributed by atoms with Gasteiger partial charge in [-0.1, -0.05) is 30.3 Å². The molecule has 0 unspecified atom stereocenters. The molecule has 2 saturated heterocycles. The van der Waals surface area contributed by atoms with Gasteiger partial charge in [-0.25, -0.2) is 0 Å². The molecule has 0 bridgehead atoms. The van der Waals surface area contributed by atoms with Crippen molar-refractivity contribution >= 4 is 23.2 Å². The summed E-state index contributed by atoms with van der Waals surface area (Å²) in [4.78, 5) is 22.5. The van der Waals surface area contributed by atoms with E-state index in [-0.39, 0.29) is 36.6 Å². The van der Waals surface area contributed by atoms with E-state index in [9.17, 15) is 18.0 Å². The molecule has 43 heavy (non-hydrogen) atoms. The Bertz CT molecular complexity index is 1330. The van der Waals surface area contributed by atoms with Gasteiger partial charge in [-0.15, -0.1) is 0 Å². The van der Waals surface area contributed by atoms with Gasteiger partial charge in [0.2, 0.25) is 5.91 Å². The molecule has 0 spiro atoms. The maximum absolute atomic E-state index is 14.5. The van der Waals surface area contributed by atoms with Gasteiger partial charge >= 0.3 is 6.18 Å². The summed E-state index contributed by atoms with van der Waals surface area (Å²) in [5.41, 5.74) is 0.725. The van der Waals surface area contributed by atoms with Crippen molar-refractivity contribution in [3.05, 3.63) is 65.0 Å². The zero-order valence-corrected chi connectivity index (χ0v) is 25.1. The molecule has 0 radical (unpaired) electrons. The lowest BCUT2D eigenvalue weighted by molar-refractivity contribution is -0.143. The second-order valence-electron chi connectivity index (χ2n) is 12.2. The number of carbonyl (C=O) groups excluding carboxylic acids is 1. The van der Waals surface area contributed by atoms with Gasteiger partial charge in [-0.05, 0) is 54.6 Å². The van der Waals surface area contributed by atoms with Crippen LogP contribution >= 0.6 is 12.2 Å². The molecular formula is C31H38F3N5O3S. The van der Waals surface area contributed by atoms with E-state index in [1.807, 2.05) is 30.3 Å². The third-order valence-corrected chi connectivity index (χ3v) is 9.99. The topological polar surface area (TPSA) is 79.0 Å². The summed E-state index contributed by atoms with van der Waals surface area (Å²) in [6.07, 6.45) is -0.951. The van der Waals surface area contributed by atoms with Crippen molar-refractivity contribution in [3.63, 3.8) is 0 Å². The number of ether oxygens (including phenoxy) is 2. The van der Waals surface area contributed by atoms with Crippen molar-refractivity contribution in [1.82, 2.24) is 25.4 Å². The van der Waals surface area contributed by atoms with Crippen LogP contribution < -0.4 is 10.6 Å². The lowest BCUT2D eigenvalue weighted by Crippen LogP contribution is -2.52. The molecule has 8 nitrogen and oxygen atoms in total. The number of aromatic nitrogens is 1. The first kappa shape index (κ1) is 30.2. The molecule has 232 valence electrons. The molecule has 3 fully saturated rings. The monoisotopic (exact) mass is 617 g/mol. The molecule has 4 heterocycles. The fourth-order valence-electron chi connectivity index (χ4n) is 7.38. The molecule has 12 heteroatoms. The largest absolute Gasteiger partial charge is 0.417 e. The fraction of sp³-hybridized carbons (Fsp3) is 0.581. The number of methoxy groups -OCH3 is 1. The standard InChI is InChI=1S/C31H38F3N5O3S/c1-41-27-18-42-10-8-26(27)37-24-12-23-17-39(29(43)36-14-20-5-3-2-4-6-20)19-30(23,13-24)28(40)38-9-7-25-21(16-38)11-22(15-35-25)31(32,33)34/h2-6,11,15,23-24,26-27,37H,7-10,12-14,16-19H2,1H3,(H,36,43)/t23-,24+,26-,27+,30-/m0/s1. The van der Waals surface area contributed by atoms with Crippen LogP contribution in [0.15, 0.2) is 42.6 Å². The minimum absolute atomic E-state index is 0.00603. The number of halogens is 3. The SMILES string of the molecule is CO[C@@H]1COCC[C@@H]1N[C@@H]1C[C@H]2CN(C(=S)NCc3ccccc3)C[C@@]2(C(=O)N2CCc3ncc(C(F)(F)F)cc3C2)C1. The number of nitrogens with zero attached hydrogens (tertiary/aromatic N) is 3. The number of alkyl halides is 3. The van der Waals surface area contributed by atoms with Crippen LogP contribution in [-0.4, -0.2) is 83.9 Å². The highest BCUT2D eigenvalue weighted by molar-refractivity contribution is 7.80. The Morgan fingerprint density at radius 2 is 2.07 bits per heavy atom. The number of likely N-dealkylation sites (tertiary alicyclic amines) is 1. The molecule has 1 amide bonds. The van der Waals surface area contributed by atoms with Crippen molar-refractivity contribution in [3.8, 4) is 0 Å². The van der Waals surface area contributed by atoms with Gasteiger partial charge in [0.1, 0.15) is 0 Å². The molecule has 1 aromatic heterocycles. The van der Waals surface area contributed by atoms with Crippen LogP contribution in [0.1, 0.15) is 41.6 Å². The number of fused-ring (bicyclic) bond motifs is 2. The van der Waals surface area contributed by atoms with Crippen LogP contribution in [0, 0.1) is 11.3 Å². The lowest BCUT2D eigenvalue weighted by atomic mass is 9.78. The number of thiocarbonyl (C=S) groups is 1. The number of carbonyl (C=O) groups is 1. The van der Waals surface area contributed by atoms with E-state index in [4.69, 9.17) is 21.7 Å². The highest BCUT2D eigenvalue weighted by Crippen LogP contribution is 2.51. The first-order valence-corrected chi connectivity index (χ1v) is 15.3. The smallest absolute Gasteiger partial charge is 0.379 e. The van der Waals surface area contributed by atoms with Gasteiger partial charge in [0.15, 0.2) is 5.11 Å². The predicted octanol–water partition coefficient (Wildman–Crippen LogP) is 3.53. The summed E-state index contributed by atoms with van der Waals surface area (Å²) in [5, 5.41) is 7.76. The Hall–Kier alpha value is -2.80. The first-order valence-electron chi connectivity index (χ1n) is 14.9. The summed E-state index contributed by atoms with van der Waals surface area (Å²) in [6.45, 7) is 3.46. The average molecular weight is 618 g/mol. The quantitative estimate of drug-likeness (QED) is 0.477. The summed E-state index contributed by atoms with van der Waals surface area (Å²) < 4.78 is 51.6. The molecule has 3 aliphatic heterocycles. The van der Waals surface area contributed by atoms with E-state index >= 15 is 0 Å². The molecular weight excluding hydrogens is 579 g/mol. The predicted molar refractivity (Wildman–Crippen MR) is 158 cm³/mol. The Balaban J connectivity index is 1.21. The molecule has 1 saturated carbocycles. The van der Waals surface area contributed by atoms with Crippen LogP contribution in [0.2, 0.25) is 0 Å². The van der Waals surface area contributed by atoms with E-state index in [0.29, 0.717) is 68.6 Å². The average Bonchev–Trinajstić information content (AvgIpc) is 3.54. The summed E-state index contributed by atoms with van der Waals surface area (Å²) in [6, 6.07) is 11.4. The maximum atomic E-state index is 14.5. The van der Waals surface area contributed by atoms with Crippen molar-refractivity contribution < 1.29 is 27.4 Å². The zero-order valence-electron chi connectivity index (χ0n) is 24.2. The van der Waals surface area contributed by atoms with Crippen LogP contribution in [0.5, 0.6) is 0 Å². The third-order valence-electron chi connectivity index (χ3n) is 9.59. The number of hydrogen-bond donors (Lipinski definition) is 2. The molecule has 4 aliphatic rings. The fourth-order valence-corrected chi connectivity index (χ4v) is 7.59. The van der Waals surface area contributed by atoms with Gasteiger partial charge in [0.25, 0.3) is 0 Å². The number of rotatable bonds is 6. The summed E-state index contributed by atoms with van der Waals surface area (Å²) in [7, 11) is 1.69. The van der Waals surface area contributed by atoms with Gasteiger partial charge in [-0.3, -0.25) is 9.78 Å². The third kappa shape index (κ3) is 6.25. The van der Waals surface area contributed by atoms with Crippen LogP contribution in [0.3, 0.4) is 0 Å². The van der Waals surface area contributed by atoms with Crippen molar-refractivity contribution in [1.29, 1.82) is 0 Å². The number of nitrogens with one attached hydrogen (secondary N) is 2. The van der Waals surface area contributed by atoms with Crippen molar-refractivity contribution in [2.45, 2.75) is 63.1 Å². The maximum Gasteiger partial charge on any atom is 0.417 e. The van der Waals surface area contributed by atoms with Crippen LogP contribution in [-0.2, 0) is 40.0 Å². The second-order valence-corrected chi connectivity index (χ2v) is 12.6. The van der Waals surface area contributed by atoms with Gasteiger partial charge in [-0.2, -0.15) is 13.2 Å². The number of hydrogen-bond acceptors (Lipinski definition) is 6. The molecule has 2 aromatic rings. The van der Waals surface area contributed by atoms with Gasteiger partial charge < -0.3 is 29.9 Å². The van der Waals surface area contributed by atoms with E-state index in [1.54, 1.807) is 12.0 Å². The number of benzene rings is 1. The number of amides is 1. The van der Waals surface area contributed by atoms with Crippen LogP contribution in [0.4, 0.5) is 13.2 Å². The molecule has 6 rings (SSSR count). The highest BCUT2D eigenvalue weighted by atomic mass is 32.1. The molecule has 5 atom stereocenters. The van der Waals surface area contributed by atoms with E-state index in [0.717, 1.165) is 30.7 Å². The molecule has 1 aromatic carbocycles. The second kappa shape index (κ2) is 12.3. The Kier molecular flexibility index (Phi) is 8.65. The van der Waals surface area contributed by atoms with Crippen molar-refractivity contribution in [2.24, 2.45) is 11.3 Å². The first-order chi connectivity index (χ1) is 20.7. The van der Waals surface area contributed by atoms with Crippen molar-refractivity contribution in [2.75, 3.05) is 40.0 Å². The number of pyridine rings is 1. The molecule has 1 aliphatic carbocycles. The minimum atomic E-state index is -4.49. The minimum Gasteiger partial charge on any atom is -0.379 e. The Morgan fingerprint density at radius 1 is 1.26 bits per heavy atom. The van der Waals surface area contributed by atoms with Gasteiger partial charge in [0, 0.05) is 76.8 Å². The zero-order chi connectivity index (χ0) is 30.2. The summed E-state index contributed by atoms with van der Waals surface area (Å²) in [5.74, 6) is 0.0457. The van der Waals surface area contributed by atoms with Gasteiger partial charge in [0.05, 0.1) is 23.7 Å². The highest BCUT2D eigenvalue weighted by Gasteiger charge is 2.59. The van der Waals surface area contributed by atoms with E-state index < -0.39 is 17.2 Å². The summed E-state index contributed by atoms with van der Waals surface area (Å²) >= 11 is 5.81. The van der Waals surface area contributed by atoms with E-state index in [1.165, 1.54) is 0 Å². The normalized spacial score (nSPS) is 28.8. The van der Waals surface area contributed by atoms with E-state index in [2.05, 4.69) is 20.5 Å². The molecule has 2 N–H and O–H groups in total. The Labute approximate surface area is 255 Å². The lowest BCUT2D eigenvalue weighted by Gasteiger charge is -2.38. The van der Waals surface area contributed by atoms with Crippen LogP contribution in [0.25, 0.3) is 0 Å². The Morgan fingerprint density at radius 3 is 2.84 bits per heavy atom.